The predicted octanol–water partition coefficient (Wildman–Crippen LogP) is 2.27. The molecule has 0 aliphatic heterocycles. The lowest BCUT2D eigenvalue weighted by Gasteiger charge is -2.28. The van der Waals surface area contributed by atoms with E-state index in [-0.39, 0.29) is 12.0 Å². The summed E-state index contributed by atoms with van der Waals surface area (Å²) >= 11 is 0. The Morgan fingerprint density at radius 2 is 1.87 bits per heavy atom. The molecule has 3 aliphatic rings. The summed E-state index contributed by atoms with van der Waals surface area (Å²) in [6.45, 7) is 0. The van der Waals surface area contributed by atoms with Gasteiger partial charge in [0.2, 0.25) is 0 Å². The van der Waals surface area contributed by atoms with Crippen molar-refractivity contribution in [3.05, 3.63) is 12.2 Å². The molecule has 0 aromatic carbocycles. The van der Waals surface area contributed by atoms with E-state index in [9.17, 15) is 5.11 Å². The first-order chi connectivity index (χ1) is 7.34. The highest BCUT2D eigenvalue weighted by molar-refractivity contribution is 5.16. The van der Waals surface area contributed by atoms with Crippen LogP contribution in [0.15, 0.2) is 12.2 Å². The predicted molar refractivity (Wildman–Crippen MR) is 58.5 cm³/mol. The summed E-state index contributed by atoms with van der Waals surface area (Å²) in [7, 11) is 0. The standard InChI is InChI=1S/C13H20O2/c14-13-9-6-7-11(13)12(8-9)15-10-4-2-1-3-5-10/h6-7,9-14H,1-5,8H2. The third-order valence-corrected chi connectivity index (χ3v) is 4.27. The highest BCUT2D eigenvalue weighted by Gasteiger charge is 2.45. The molecule has 4 atom stereocenters. The van der Waals surface area contributed by atoms with Crippen molar-refractivity contribution in [1.82, 2.24) is 0 Å². The molecule has 2 bridgehead atoms. The molecule has 2 saturated carbocycles. The number of rotatable bonds is 2. The molecule has 3 rings (SSSR count). The fourth-order valence-corrected chi connectivity index (χ4v) is 3.37. The lowest BCUT2D eigenvalue weighted by Crippen LogP contribution is -2.28. The SMILES string of the molecule is OC1C2C=CC1C(OC1CCCCC1)C2. The first-order valence-corrected chi connectivity index (χ1v) is 6.36. The van der Waals surface area contributed by atoms with E-state index >= 15 is 0 Å². The maximum atomic E-state index is 9.89. The Bertz CT molecular complexity index is 255. The molecule has 15 heavy (non-hydrogen) atoms. The van der Waals surface area contributed by atoms with Gasteiger partial charge in [0.15, 0.2) is 0 Å². The summed E-state index contributed by atoms with van der Waals surface area (Å²) in [5, 5.41) is 9.89. The van der Waals surface area contributed by atoms with Crippen LogP contribution in [0, 0.1) is 11.8 Å². The lowest BCUT2D eigenvalue weighted by molar-refractivity contribution is -0.0480. The number of aliphatic hydroxyl groups is 1. The molecule has 3 aliphatic carbocycles. The second-order valence-electron chi connectivity index (χ2n) is 5.29. The summed E-state index contributed by atoms with van der Waals surface area (Å²) in [5.41, 5.74) is 0. The fraction of sp³-hybridized carbons (Fsp3) is 0.846. The third kappa shape index (κ3) is 1.74. The van der Waals surface area contributed by atoms with Crippen molar-refractivity contribution in [2.75, 3.05) is 0 Å². The normalized spacial score (nSPS) is 45.1. The molecule has 0 amide bonds. The second-order valence-corrected chi connectivity index (χ2v) is 5.29. The first-order valence-electron chi connectivity index (χ1n) is 6.36. The van der Waals surface area contributed by atoms with Gasteiger partial charge in [-0.3, -0.25) is 0 Å². The van der Waals surface area contributed by atoms with Crippen LogP contribution in [-0.4, -0.2) is 23.4 Å². The molecule has 4 unspecified atom stereocenters. The zero-order chi connectivity index (χ0) is 10.3. The van der Waals surface area contributed by atoms with Gasteiger partial charge in [0.1, 0.15) is 0 Å². The minimum atomic E-state index is -0.154. The number of fused-ring (bicyclic) bond motifs is 2. The molecule has 0 saturated heterocycles. The van der Waals surface area contributed by atoms with E-state index in [1.165, 1.54) is 32.1 Å². The molecular formula is C13H20O2. The Kier molecular flexibility index (Phi) is 2.57. The van der Waals surface area contributed by atoms with Gasteiger partial charge in [0, 0.05) is 11.8 Å². The Morgan fingerprint density at radius 1 is 1.07 bits per heavy atom. The molecule has 1 N–H and O–H groups in total. The summed E-state index contributed by atoms with van der Waals surface area (Å²) < 4.78 is 6.15. The molecule has 0 aromatic rings. The van der Waals surface area contributed by atoms with Gasteiger partial charge >= 0.3 is 0 Å². The van der Waals surface area contributed by atoms with Gasteiger partial charge in [-0.1, -0.05) is 31.4 Å². The summed E-state index contributed by atoms with van der Waals surface area (Å²) in [5.74, 6) is 0.667. The van der Waals surface area contributed by atoms with Crippen LogP contribution < -0.4 is 0 Å². The van der Waals surface area contributed by atoms with E-state index in [2.05, 4.69) is 12.2 Å². The van der Waals surface area contributed by atoms with Gasteiger partial charge < -0.3 is 9.84 Å². The average Bonchev–Trinajstić information content (AvgIpc) is 2.75. The van der Waals surface area contributed by atoms with Gasteiger partial charge in [-0.15, -0.1) is 0 Å². The molecule has 84 valence electrons. The number of hydrogen-bond donors (Lipinski definition) is 1. The molecule has 0 radical (unpaired) electrons. The fourth-order valence-electron chi connectivity index (χ4n) is 3.37. The van der Waals surface area contributed by atoms with Crippen LogP contribution in [0.5, 0.6) is 0 Å². The quantitative estimate of drug-likeness (QED) is 0.705. The van der Waals surface area contributed by atoms with Crippen LogP contribution in [0.1, 0.15) is 38.5 Å². The average molecular weight is 208 g/mol. The van der Waals surface area contributed by atoms with Crippen LogP contribution >= 0.6 is 0 Å². The minimum absolute atomic E-state index is 0.154. The first kappa shape index (κ1) is 9.86. The van der Waals surface area contributed by atoms with Gasteiger partial charge in [0.25, 0.3) is 0 Å². The summed E-state index contributed by atoms with van der Waals surface area (Å²) in [4.78, 5) is 0. The van der Waals surface area contributed by atoms with Crippen LogP contribution in [0.25, 0.3) is 0 Å². The number of hydrogen-bond acceptors (Lipinski definition) is 2. The van der Waals surface area contributed by atoms with Crippen molar-refractivity contribution in [2.45, 2.75) is 56.8 Å². The van der Waals surface area contributed by atoms with E-state index in [1.807, 2.05) is 0 Å². The van der Waals surface area contributed by atoms with Crippen LogP contribution in [0.2, 0.25) is 0 Å². The number of ether oxygens (including phenoxy) is 1. The van der Waals surface area contributed by atoms with E-state index in [4.69, 9.17) is 4.74 Å². The molecule has 2 heteroatoms. The van der Waals surface area contributed by atoms with Gasteiger partial charge in [-0.2, -0.15) is 0 Å². The zero-order valence-corrected chi connectivity index (χ0v) is 9.14. The Balaban J connectivity index is 1.58. The van der Waals surface area contributed by atoms with E-state index < -0.39 is 0 Å². The van der Waals surface area contributed by atoms with Crippen molar-refractivity contribution < 1.29 is 9.84 Å². The van der Waals surface area contributed by atoms with E-state index in [0.29, 0.717) is 18.1 Å². The highest BCUT2D eigenvalue weighted by atomic mass is 16.5. The maximum absolute atomic E-state index is 9.89. The zero-order valence-electron chi connectivity index (χ0n) is 9.14. The highest BCUT2D eigenvalue weighted by Crippen LogP contribution is 2.42. The van der Waals surface area contributed by atoms with Crippen molar-refractivity contribution in [3.63, 3.8) is 0 Å². The third-order valence-electron chi connectivity index (χ3n) is 4.27. The number of aliphatic hydroxyl groups excluding tert-OH is 1. The van der Waals surface area contributed by atoms with Gasteiger partial charge in [-0.05, 0) is 19.3 Å². The van der Waals surface area contributed by atoms with Crippen LogP contribution in [0.3, 0.4) is 0 Å². The largest absolute Gasteiger partial charge is 0.392 e. The summed E-state index contributed by atoms with van der Waals surface area (Å²) in [6, 6.07) is 0. The Hall–Kier alpha value is -0.340. The van der Waals surface area contributed by atoms with Gasteiger partial charge in [0.05, 0.1) is 18.3 Å². The van der Waals surface area contributed by atoms with Crippen molar-refractivity contribution >= 4 is 0 Å². The maximum Gasteiger partial charge on any atom is 0.0691 e. The lowest BCUT2D eigenvalue weighted by atomic mass is 9.96. The van der Waals surface area contributed by atoms with Crippen molar-refractivity contribution in [3.8, 4) is 0 Å². The topological polar surface area (TPSA) is 29.5 Å². The van der Waals surface area contributed by atoms with Crippen molar-refractivity contribution in [2.24, 2.45) is 11.8 Å². The van der Waals surface area contributed by atoms with Gasteiger partial charge in [-0.25, -0.2) is 0 Å². The van der Waals surface area contributed by atoms with E-state index in [0.717, 1.165) is 6.42 Å². The molecule has 2 nitrogen and oxygen atoms in total. The van der Waals surface area contributed by atoms with E-state index in [1.54, 1.807) is 0 Å². The molecule has 2 fully saturated rings. The van der Waals surface area contributed by atoms with Crippen molar-refractivity contribution in [1.29, 1.82) is 0 Å². The molecule has 0 heterocycles. The monoisotopic (exact) mass is 208 g/mol. The summed E-state index contributed by atoms with van der Waals surface area (Å²) in [6.07, 6.45) is 12.5. The van der Waals surface area contributed by atoms with Crippen LogP contribution in [0.4, 0.5) is 0 Å². The smallest absolute Gasteiger partial charge is 0.0691 e. The minimum Gasteiger partial charge on any atom is -0.392 e. The Morgan fingerprint density at radius 3 is 2.47 bits per heavy atom. The van der Waals surface area contributed by atoms with Crippen LogP contribution in [-0.2, 0) is 4.74 Å². The molecule has 0 spiro atoms. The second kappa shape index (κ2) is 3.91. The Labute approximate surface area is 91.3 Å². The molecular weight excluding hydrogens is 188 g/mol. The molecule has 0 aromatic heterocycles.